The van der Waals surface area contributed by atoms with Gasteiger partial charge >= 0.3 is 5.97 Å². The number of halogens is 1. The van der Waals surface area contributed by atoms with E-state index >= 15 is 0 Å². The van der Waals surface area contributed by atoms with Crippen LogP contribution in [0.25, 0.3) is 0 Å². The van der Waals surface area contributed by atoms with Crippen molar-refractivity contribution in [2.75, 3.05) is 0 Å². The first-order valence-electron chi connectivity index (χ1n) is 4.99. The minimum absolute atomic E-state index is 0.568. The number of aliphatic carboxylic acids is 1. The molecule has 4 nitrogen and oxygen atoms in total. The lowest BCUT2D eigenvalue weighted by molar-refractivity contribution is -0.137. The summed E-state index contributed by atoms with van der Waals surface area (Å²) in [6.45, 7) is 2.94. The van der Waals surface area contributed by atoms with Crippen molar-refractivity contribution in [2.45, 2.75) is 24.0 Å². The number of carboxylic acid groups (broad SMARTS) is 1. The first-order chi connectivity index (χ1) is 7.78. The molecule has 0 fully saturated rings. The van der Waals surface area contributed by atoms with E-state index in [2.05, 4.69) is 0 Å². The first-order valence-corrected chi connectivity index (χ1v) is 6.54. The van der Waals surface area contributed by atoms with Crippen molar-refractivity contribution >= 4 is 15.8 Å². The zero-order valence-corrected chi connectivity index (χ0v) is 10.2. The van der Waals surface area contributed by atoms with Gasteiger partial charge in [-0.05, 0) is 18.1 Å². The molecule has 1 unspecified atom stereocenters. The van der Waals surface area contributed by atoms with E-state index in [1.807, 2.05) is 0 Å². The van der Waals surface area contributed by atoms with Gasteiger partial charge < -0.3 is 5.11 Å². The van der Waals surface area contributed by atoms with Crippen molar-refractivity contribution in [2.24, 2.45) is 5.92 Å². The van der Waals surface area contributed by atoms with Gasteiger partial charge in [-0.15, -0.1) is 0 Å². The molecule has 0 aliphatic rings. The highest BCUT2D eigenvalue weighted by molar-refractivity contribution is 7.92. The van der Waals surface area contributed by atoms with E-state index in [0.29, 0.717) is 0 Å². The lowest BCUT2D eigenvalue weighted by Crippen LogP contribution is -2.35. The summed E-state index contributed by atoms with van der Waals surface area (Å²) in [5.74, 6) is -3.04. The topological polar surface area (TPSA) is 71.4 Å². The van der Waals surface area contributed by atoms with Crippen molar-refractivity contribution in [3.63, 3.8) is 0 Å². The number of carboxylic acids is 1. The predicted molar refractivity (Wildman–Crippen MR) is 59.8 cm³/mol. The van der Waals surface area contributed by atoms with Crippen molar-refractivity contribution < 1.29 is 22.7 Å². The number of carbonyl (C=O) groups is 1. The van der Waals surface area contributed by atoms with Crippen LogP contribution in [-0.4, -0.2) is 24.7 Å². The molecule has 0 aliphatic heterocycles. The van der Waals surface area contributed by atoms with Crippen molar-refractivity contribution in [3.8, 4) is 0 Å². The van der Waals surface area contributed by atoms with Gasteiger partial charge in [0.2, 0.25) is 0 Å². The molecule has 1 rings (SSSR count). The Labute approximate surface area is 99.0 Å². The van der Waals surface area contributed by atoms with Crippen LogP contribution in [0.15, 0.2) is 29.2 Å². The summed E-state index contributed by atoms with van der Waals surface area (Å²) < 4.78 is 37.4. The number of hydrogen-bond acceptors (Lipinski definition) is 3. The molecule has 94 valence electrons. The van der Waals surface area contributed by atoms with Gasteiger partial charge in [-0.1, -0.05) is 26.0 Å². The van der Waals surface area contributed by atoms with Crippen LogP contribution < -0.4 is 0 Å². The number of hydrogen-bond donors (Lipinski definition) is 1. The second-order valence-electron chi connectivity index (χ2n) is 3.98. The van der Waals surface area contributed by atoms with E-state index in [0.717, 1.165) is 12.1 Å². The van der Waals surface area contributed by atoms with E-state index in [4.69, 9.17) is 5.11 Å². The molecular formula is C11H13FO4S. The zero-order valence-electron chi connectivity index (χ0n) is 9.42. The van der Waals surface area contributed by atoms with Crippen LogP contribution in [0.3, 0.4) is 0 Å². The van der Waals surface area contributed by atoms with Gasteiger partial charge in [0.05, 0.1) is 0 Å². The highest BCUT2D eigenvalue weighted by Gasteiger charge is 2.37. The van der Waals surface area contributed by atoms with Crippen molar-refractivity contribution in [1.82, 2.24) is 0 Å². The maximum absolute atomic E-state index is 13.4. The van der Waals surface area contributed by atoms with Crippen LogP contribution in [0.5, 0.6) is 0 Å². The summed E-state index contributed by atoms with van der Waals surface area (Å²) in [5, 5.41) is 7.29. The van der Waals surface area contributed by atoms with Crippen molar-refractivity contribution in [3.05, 3.63) is 30.1 Å². The standard InChI is InChI=1S/C11H13FO4S/c1-7(2)10(11(13)14)17(15,16)9-6-4-3-5-8(9)12/h3-7,10H,1-2H3,(H,13,14). The van der Waals surface area contributed by atoms with Crippen molar-refractivity contribution in [1.29, 1.82) is 0 Å². The maximum Gasteiger partial charge on any atom is 0.322 e. The Balaban J connectivity index is 3.37. The minimum Gasteiger partial charge on any atom is -0.480 e. The van der Waals surface area contributed by atoms with Gasteiger partial charge in [0.15, 0.2) is 15.1 Å². The fourth-order valence-corrected chi connectivity index (χ4v) is 3.45. The van der Waals surface area contributed by atoms with Crippen LogP contribution in [0, 0.1) is 11.7 Å². The largest absolute Gasteiger partial charge is 0.480 e. The Morgan fingerprint density at radius 3 is 2.24 bits per heavy atom. The number of rotatable bonds is 4. The van der Waals surface area contributed by atoms with E-state index in [9.17, 15) is 17.6 Å². The lowest BCUT2D eigenvalue weighted by Gasteiger charge is -2.17. The summed E-state index contributed by atoms with van der Waals surface area (Å²) >= 11 is 0. The third kappa shape index (κ3) is 2.63. The van der Waals surface area contributed by atoms with Crippen LogP contribution >= 0.6 is 0 Å². The van der Waals surface area contributed by atoms with Gasteiger partial charge in [-0.25, -0.2) is 12.8 Å². The lowest BCUT2D eigenvalue weighted by atomic mass is 10.1. The van der Waals surface area contributed by atoms with Gasteiger partial charge in [0, 0.05) is 0 Å². The maximum atomic E-state index is 13.4. The molecule has 6 heteroatoms. The molecule has 0 aliphatic carbocycles. The molecule has 1 atom stereocenters. The zero-order chi connectivity index (χ0) is 13.2. The van der Waals surface area contributed by atoms with E-state index in [1.54, 1.807) is 0 Å². The Morgan fingerprint density at radius 1 is 1.29 bits per heavy atom. The predicted octanol–water partition coefficient (Wildman–Crippen LogP) is 1.71. The molecule has 0 spiro atoms. The molecule has 0 saturated heterocycles. The van der Waals surface area contributed by atoms with Crippen LogP contribution in [0.2, 0.25) is 0 Å². The average molecular weight is 260 g/mol. The molecule has 17 heavy (non-hydrogen) atoms. The van der Waals surface area contributed by atoms with Gasteiger partial charge in [0.25, 0.3) is 0 Å². The summed E-state index contributed by atoms with van der Waals surface area (Å²) in [6, 6.07) is 4.77. The van der Waals surface area contributed by atoms with E-state index in [1.165, 1.54) is 26.0 Å². The molecule has 0 bridgehead atoms. The second-order valence-corrected chi connectivity index (χ2v) is 6.02. The summed E-state index contributed by atoms with van der Waals surface area (Å²) in [7, 11) is -4.20. The van der Waals surface area contributed by atoms with Gasteiger partial charge in [-0.2, -0.15) is 0 Å². The van der Waals surface area contributed by atoms with Crippen LogP contribution in [0.1, 0.15) is 13.8 Å². The Bertz CT molecular complexity index is 522. The van der Waals surface area contributed by atoms with E-state index in [-0.39, 0.29) is 0 Å². The van der Waals surface area contributed by atoms with Crippen LogP contribution in [0.4, 0.5) is 4.39 Å². The van der Waals surface area contributed by atoms with E-state index < -0.39 is 37.7 Å². The molecular weight excluding hydrogens is 247 g/mol. The number of sulfone groups is 1. The van der Waals surface area contributed by atoms with Gasteiger partial charge in [-0.3, -0.25) is 4.79 Å². The Kier molecular flexibility index (Phi) is 3.87. The summed E-state index contributed by atoms with van der Waals surface area (Å²) in [5.41, 5.74) is 0. The fraction of sp³-hybridized carbons (Fsp3) is 0.364. The normalized spacial score (nSPS) is 13.6. The average Bonchev–Trinajstić information content (AvgIpc) is 2.15. The molecule has 0 radical (unpaired) electrons. The molecule has 1 aromatic rings. The quantitative estimate of drug-likeness (QED) is 0.894. The monoisotopic (exact) mass is 260 g/mol. The van der Waals surface area contributed by atoms with Crippen LogP contribution in [-0.2, 0) is 14.6 Å². The molecule has 0 heterocycles. The summed E-state index contributed by atoms with van der Waals surface area (Å²) in [6.07, 6.45) is 0. The molecule has 1 N–H and O–H groups in total. The Hall–Kier alpha value is -1.43. The third-order valence-electron chi connectivity index (χ3n) is 2.33. The molecule has 0 amide bonds. The minimum atomic E-state index is -4.20. The fourth-order valence-electron chi connectivity index (χ4n) is 1.59. The third-order valence-corrected chi connectivity index (χ3v) is 4.69. The molecule has 0 aromatic heterocycles. The highest BCUT2D eigenvalue weighted by atomic mass is 32.2. The first kappa shape index (κ1) is 13.6. The smallest absolute Gasteiger partial charge is 0.322 e. The molecule has 1 aromatic carbocycles. The second kappa shape index (κ2) is 4.83. The summed E-state index contributed by atoms with van der Waals surface area (Å²) in [4.78, 5) is 10.4. The number of benzene rings is 1. The SMILES string of the molecule is CC(C)C(C(=O)O)S(=O)(=O)c1ccccc1F. The highest BCUT2D eigenvalue weighted by Crippen LogP contribution is 2.23. The van der Waals surface area contributed by atoms with Gasteiger partial charge in [0.1, 0.15) is 10.7 Å². The Morgan fingerprint density at radius 2 is 1.82 bits per heavy atom. The molecule has 0 saturated carbocycles.